The van der Waals surface area contributed by atoms with Crippen LogP contribution in [-0.2, 0) is 5.41 Å². The molecule has 20 heavy (non-hydrogen) atoms. The lowest BCUT2D eigenvalue weighted by atomic mass is 9.86. The zero-order valence-electron chi connectivity index (χ0n) is 11.9. The van der Waals surface area contributed by atoms with E-state index in [1.807, 2.05) is 18.3 Å². The Morgan fingerprint density at radius 1 is 1.35 bits per heavy atom. The number of nitriles is 1. The van der Waals surface area contributed by atoms with Crippen molar-refractivity contribution >= 4 is 5.82 Å². The van der Waals surface area contributed by atoms with Crippen LogP contribution in [0.2, 0.25) is 0 Å². The molecule has 2 aromatic rings. The number of aryl methyl sites for hydroxylation is 1. The Morgan fingerprint density at radius 3 is 2.80 bits per heavy atom. The number of pyridine rings is 1. The smallest absolute Gasteiger partial charge is 0.146 e. The number of nitrogens with zero attached hydrogens (tertiary/aromatic N) is 4. The van der Waals surface area contributed by atoms with E-state index in [-0.39, 0.29) is 5.41 Å². The number of nitrogens with one attached hydrogen (secondary N) is 1. The van der Waals surface area contributed by atoms with Crippen LogP contribution in [0, 0.1) is 18.3 Å². The zero-order chi connectivity index (χ0) is 14.6. The number of rotatable bonds is 4. The Bertz CT molecular complexity index is 628. The molecule has 0 amide bonds. The molecule has 0 fully saturated rings. The van der Waals surface area contributed by atoms with Crippen molar-refractivity contribution in [2.24, 2.45) is 0 Å². The van der Waals surface area contributed by atoms with E-state index in [0.717, 1.165) is 5.56 Å². The lowest BCUT2D eigenvalue weighted by Gasteiger charge is -2.25. The second-order valence-corrected chi connectivity index (χ2v) is 5.28. The third-order valence-electron chi connectivity index (χ3n) is 3.11. The molecule has 0 bridgehead atoms. The van der Waals surface area contributed by atoms with Crippen LogP contribution in [0.5, 0.6) is 0 Å². The first-order valence-corrected chi connectivity index (χ1v) is 6.41. The van der Waals surface area contributed by atoms with E-state index in [1.54, 1.807) is 19.2 Å². The first kappa shape index (κ1) is 13.9. The Kier molecular flexibility index (Phi) is 3.94. The van der Waals surface area contributed by atoms with Gasteiger partial charge in [-0.25, -0.2) is 9.97 Å². The summed E-state index contributed by atoms with van der Waals surface area (Å²) < 4.78 is 0. The van der Waals surface area contributed by atoms with Crippen molar-refractivity contribution in [2.75, 3.05) is 11.9 Å². The summed E-state index contributed by atoms with van der Waals surface area (Å²) in [5, 5.41) is 12.2. The van der Waals surface area contributed by atoms with E-state index in [0.29, 0.717) is 23.9 Å². The third-order valence-corrected chi connectivity index (χ3v) is 3.11. The Hall–Kier alpha value is -2.48. The number of anilines is 1. The Morgan fingerprint density at radius 2 is 2.15 bits per heavy atom. The zero-order valence-corrected chi connectivity index (χ0v) is 11.9. The predicted octanol–water partition coefficient (Wildman–Crippen LogP) is 2.44. The highest BCUT2D eigenvalue weighted by Gasteiger charge is 2.20. The van der Waals surface area contributed by atoms with Crippen molar-refractivity contribution in [3.63, 3.8) is 0 Å². The Balaban J connectivity index is 2.12. The van der Waals surface area contributed by atoms with Crippen molar-refractivity contribution in [2.45, 2.75) is 26.2 Å². The van der Waals surface area contributed by atoms with Gasteiger partial charge in [-0.2, -0.15) is 5.26 Å². The van der Waals surface area contributed by atoms with Crippen molar-refractivity contribution in [3.05, 3.63) is 47.7 Å². The van der Waals surface area contributed by atoms with E-state index >= 15 is 0 Å². The fourth-order valence-electron chi connectivity index (χ4n) is 1.89. The second-order valence-electron chi connectivity index (χ2n) is 5.28. The monoisotopic (exact) mass is 267 g/mol. The molecule has 5 nitrogen and oxygen atoms in total. The third kappa shape index (κ3) is 3.29. The molecule has 102 valence electrons. The molecular formula is C15H17N5. The Labute approximate surface area is 118 Å². The lowest BCUT2D eigenvalue weighted by Crippen LogP contribution is -2.28. The normalized spacial score (nSPS) is 10.9. The van der Waals surface area contributed by atoms with Gasteiger partial charge < -0.3 is 5.32 Å². The van der Waals surface area contributed by atoms with Crippen LogP contribution in [0.3, 0.4) is 0 Å². The van der Waals surface area contributed by atoms with Crippen LogP contribution in [0.4, 0.5) is 5.82 Å². The quantitative estimate of drug-likeness (QED) is 0.921. The summed E-state index contributed by atoms with van der Waals surface area (Å²) in [6, 6.07) is 7.68. The minimum Gasteiger partial charge on any atom is -0.369 e. The first-order chi connectivity index (χ1) is 9.51. The summed E-state index contributed by atoms with van der Waals surface area (Å²) in [5.74, 6) is 1.26. The minimum atomic E-state index is -0.0834. The summed E-state index contributed by atoms with van der Waals surface area (Å²) in [7, 11) is 0. The maximum absolute atomic E-state index is 8.92. The van der Waals surface area contributed by atoms with Crippen LogP contribution in [-0.4, -0.2) is 21.5 Å². The highest BCUT2D eigenvalue weighted by Crippen LogP contribution is 2.22. The molecule has 0 unspecified atom stereocenters. The summed E-state index contributed by atoms with van der Waals surface area (Å²) in [5.41, 5.74) is 1.44. The molecule has 5 heteroatoms. The maximum Gasteiger partial charge on any atom is 0.146 e. The van der Waals surface area contributed by atoms with Crippen LogP contribution in [0.25, 0.3) is 0 Å². The first-order valence-electron chi connectivity index (χ1n) is 6.41. The molecule has 0 aliphatic heterocycles. The van der Waals surface area contributed by atoms with E-state index in [1.165, 1.54) is 0 Å². The standard InChI is InChI=1S/C15H17N5/c1-11-19-13(8-16)7-14(20-11)18-10-15(2,3)12-5-4-6-17-9-12/h4-7,9H,10H2,1-3H3,(H,18,19,20). The van der Waals surface area contributed by atoms with E-state index < -0.39 is 0 Å². The number of hydrogen-bond acceptors (Lipinski definition) is 5. The van der Waals surface area contributed by atoms with Gasteiger partial charge >= 0.3 is 0 Å². The average molecular weight is 267 g/mol. The molecule has 2 rings (SSSR count). The van der Waals surface area contributed by atoms with E-state index in [9.17, 15) is 0 Å². The van der Waals surface area contributed by atoms with Gasteiger partial charge in [0.1, 0.15) is 23.4 Å². The van der Waals surface area contributed by atoms with Crippen molar-refractivity contribution in [1.82, 2.24) is 15.0 Å². The summed E-state index contributed by atoms with van der Waals surface area (Å²) in [4.78, 5) is 12.5. The highest BCUT2D eigenvalue weighted by atomic mass is 15.0. The molecule has 0 saturated carbocycles. The second kappa shape index (κ2) is 5.66. The topological polar surface area (TPSA) is 74.5 Å². The highest BCUT2D eigenvalue weighted by molar-refractivity contribution is 5.41. The van der Waals surface area contributed by atoms with Crippen molar-refractivity contribution < 1.29 is 0 Å². The van der Waals surface area contributed by atoms with Crippen LogP contribution < -0.4 is 5.32 Å². The molecule has 2 heterocycles. The maximum atomic E-state index is 8.92. The van der Waals surface area contributed by atoms with Crippen LogP contribution in [0.1, 0.15) is 30.9 Å². The molecule has 0 spiro atoms. The van der Waals surface area contributed by atoms with Gasteiger partial charge in [-0.05, 0) is 18.6 Å². The molecule has 0 atom stereocenters. The molecule has 0 aliphatic rings. The minimum absolute atomic E-state index is 0.0834. The molecule has 1 N–H and O–H groups in total. The van der Waals surface area contributed by atoms with Crippen molar-refractivity contribution in [1.29, 1.82) is 5.26 Å². The van der Waals surface area contributed by atoms with Gasteiger partial charge in [-0.3, -0.25) is 4.98 Å². The van der Waals surface area contributed by atoms with E-state index in [2.05, 4.69) is 40.2 Å². The molecule has 0 saturated heterocycles. The van der Waals surface area contributed by atoms with Gasteiger partial charge in [0.25, 0.3) is 0 Å². The SMILES string of the molecule is Cc1nc(C#N)cc(NCC(C)(C)c2cccnc2)n1. The van der Waals surface area contributed by atoms with Crippen LogP contribution in [0.15, 0.2) is 30.6 Å². The lowest BCUT2D eigenvalue weighted by molar-refractivity contribution is 0.553. The summed E-state index contributed by atoms with van der Waals surface area (Å²) in [6.07, 6.45) is 3.63. The number of aromatic nitrogens is 3. The average Bonchev–Trinajstić information content (AvgIpc) is 2.45. The van der Waals surface area contributed by atoms with Gasteiger partial charge in [-0.15, -0.1) is 0 Å². The fourth-order valence-corrected chi connectivity index (χ4v) is 1.89. The summed E-state index contributed by atoms with van der Waals surface area (Å²) >= 11 is 0. The van der Waals surface area contributed by atoms with Crippen LogP contribution >= 0.6 is 0 Å². The van der Waals surface area contributed by atoms with Gasteiger partial charge in [0.05, 0.1) is 0 Å². The molecule has 0 aromatic carbocycles. The molecule has 0 aliphatic carbocycles. The van der Waals surface area contributed by atoms with Gasteiger partial charge in [0, 0.05) is 30.4 Å². The molecular weight excluding hydrogens is 250 g/mol. The molecule has 0 radical (unpaired) electrons. The predicted molar refractivity (Wildman–Crippen MR) is 77.2 cm³/mol. The van der Waals surface area contributed by atoms with Gasteiger partial charge in [0.15, 0.2) is 0 Å². The van der Waals surface area contributed by atoms with Gasteiger partial charge in [-0.1, -0.05) is 19.9 Å². The summed E-state index contributed by atoms with van der Waals surface area (Å²) in [6.45, 7) is 6.74. The fraction of sp³-hybridized carbons (Fsp3) is 0.333. The number of hydrogen-bond donors (Lipinski definition) is 1. The largest absolute Gasteiger partial charge is 0.369 e. The van der Waals surface area contributed by atoms with Gasteiger partial charge in [0.2, 0.25) is 0 Å². The molecule has 2 aromatic heterocycles. The van der Waals surface area contributed by atoms with Crippen molar-refractivity contribution in [3.8, 4) is 6.07 Å². The van der Waals surface area contributed by atoms with E-state index in [4.69, 9.17) is 5.26 Å².